The van der Waals surface area contributed by atoms with E-state index in [-0.39, 0.29) is 11.9 Å². The molecule has 2 atom stereocenters. The molecule has 0 aromatic heterocycles. The Balaban J connectivity index is 2.06. The molecule has 1 aliphatic heterocycles. The number of benzene rings is 1. The van der Waals surface area contributed by atoms with E-state index in [1.54, 1.807) is 6.07 Å². The summed E-state index contributed by atoms with van der Waals surface area (Å²) >= 11 is 0. The Kier molecular flexibility index (Phi) is 4.80. The first-order chi connectivity index (χ1) is 9.22. The third-order valence-electron chi connectivity index (χ3n) is 3.58. The van der Waals surface area contributed by atoms with Crippen molar-refractivity contribution in [2.24, 2.45) is 5.92 Å². The van der Waals surface area contributed by atoms with Gasteiger partial charge in [-0.3, -0.25) is 4.79 Å². The van der Waals surface area contributed by atoms with Crippen molar-refractivity contribution in [3.8, 4) is 5.75 Å². The fraction of sp³-hybridized carbons (Fsp3) is 0.533. The molecule has 0 aliphatic carbocycles. The molecule has 1 saturated heterocycles. The maximum Gasteiger partial charge on any atom is 0.255 e. The van der Waals surface area contributed by atoms with Crippen molar-refractivity contribution in [1.82, 2.24) is 10.6 Å². The average Bonchev–Trinajstić information content (AvgIpc) is 2.42. The molecule has 0 spiro atoms. The van der Waals surface area contributed by atoms with E-state index in [9.17, 15) is 4.79 Å². The minimum atomic E-state index is -0.0513. The molecular formula is C15H22N2O2. The van der Waals surface area contributed by atoms with E-state index < -0.39 is 0 Å². The van der Waals surface area contributed by atoms with E-state index in [1.165, 1.54) is 0 Å². The van der Waals surface area contributed by atoms with Crippen molar-refractivity contribution in [2.45, 2.75) is 26.3 Å². The summed E-state index contributed by atoms with van der Waals surface area (Å²) in [7, 11) is 0. The van der Waals surface area contributed by atoms with Gasteiger partial charge in [0.25, 0.3) is 5.91 Å². The second-order valence-corrected chi connectivity index (χ2v) is 4.98. The van der Waals surface area contributed by atoms with Gasteiger partial charge in [0.15, 0.2) is 0 Å². The number of hydrogen-bond donors (Lipinski definition) is 2. The highest BCUT2D eigenvalue weighted by Crippen LogP contribution is 2.19. The van der Waals surface area contributed by atoms with E-state index in [2.05, 4.69) is 17.6 Å². The zero-order valence-corrected chi connectivity index (χ0v) is 11.6. The smallest absolute Gasteiger partial charge is 0.255 e. The van der Waals surface area contributed by atoms with Gasteiger partial charge >= 0.3 is 0 Å². The lowest BCUT2D eigenvalue weighted by Crippen LogP contribution is -2.50. The first-order valence-corrected chi connectivity index (χ1v) is 6.95. The summed E-state index contributed by atoms with van der Waals surface area (Å²) < 4.78 is 5.50. The van der Waals surface area contributed by atoms with Gasteiger partial charge in [-0.05, 0) is 37.9 Å². The second-order valence-electron chi connectivity index (χ2n) is 4.98. The van der Waals surface area contributed by atoms with E-state index in [4.69, 9.17) is 4.74 Å². The van der Waals surface area contributed by atoms with Crippen LogP contribution in [0.5, 0.6) is 5.75 Å². The van der Waals surface area contributed by atoms with Crippen LogP contribution in [0.4, 0.5) is 0 Å². The van der Waals surface area contributed by atoms with Gasteiger partial charge in [0.05, 0.1) is 12.2 Å². The van der Waals surface area contributed by atoms with Crippen molar-refractivity contribution in [1.29, 1.82) is 0 Å². The minimum absolute atomic E-state index is 0.0513. The number of amides is 1. The van der Waals surface area contributed by atoms with Crippen LogP contribution < -0.4 is 15.4 Å². The van der Waals surface area contributed by atoms with Crippen LogP contribution in [-0.2, 0) is 0 Å². The molecule has 104 valence electrons. The lowest BCUT2D eigenvalue weighted by Gasteiger charge is -2.30. The fourth-order valence-electron chi connectivity index (χ4n) is 2.36. The standard InChI is InChI=1S/C15H22N2O2/c1-3-19-14-7-5-4-6-12(14)15(18)17-13-10-16-9-8-11(13)2/h4-7,11,13,16H,3,8-10H2,1-2H3,(H,17,18)/t11-,13-/m0/s1. The van der Waals surface area contributed by atoms with Crippen molar-refractivity contribution in [3.63, 3.8) is 0 Å². The summed E-state index contributed by atoms with van der Waals surface area (Å²) in [4.78, 5) is 12.3. The molecule has 1 heterocycles. The summed E-state index contributed by atoms with van der Waals surface area (Å²) in [5.74, 6) is 1.10. The molecule has 19 heavy (non-hydrogen) atoms. The summed E-state index contributed by atoms with van der Waals surface area (Å²) in [6.45, 7) is 6.53. The fourth-order valence-corrected chi connectivity index (χ4v) is 2.36. The molecule has 2 rings (SSSR count). The zero-order chi connectivity index (χ0) is 13.7. The van der Waals surface area contributed by atoms with Crippen LogP contribution in [0.2, 0.25) is 0 Å². The van der Waals surface area contributed by atoms with E-state index in [0.29, 0.717) is 23.8 Å². The number of hydrogen-bond acceptors (Lipinski definition) is 3. The normalized spacial score (nSPS) is 22.8. The van der Waals surface area contributed by atoms with Gasteiger partial charge in [0, 0.05) is 12.6 Å². The zero-order valence-electron chi connectivity index (χ0n) is 11.6. The van der Waals surface area contributed by atoms with Crippen LogP contribution in [0.1, 0.15) is 30.6 Å². The predicted octanol–water partition coefficient (Wildman–Crippen LogP) is 1.81. The number of piperidine rings is 1. The Hall–Kier alpha value is -1.55. The van der Waals surface area contributed by atoms with E-state index in [1.807, 2.05) is 25.1 Å². The van der Waals surface area contributed by atoms with Crippen molar-refractivity contribution in [2.75, 3.05) is 19.7 Å². The maximum absolute atomic E-state index is 12.3. The molecule has 2 N–H and O–H groups in total. The first-order valence-electron chi connectivity index (χ1n) is 6.95. The van der Waals surface area contributed by atoms with Gasteiger partial charge in [0.1, 0.15) is 5.75 Å². The Labute approximate surface area is 114 Å². The van der Waals surface area contributed by atoms with Gasteiger partial charge in [-0.25, -0.2) is 0 Å². The highest BCUT2D eigenvalue weighted by molar-refractivity contribution is 5.97. The van der Waals surface area contributed by atoms with Crippen molar-refractivity contribution >= 4 is 5.91 Å². The molecule has 0 saturated carbocycles. The molecule has 0 bridgehead atoms. The number of carbonyl (C=O) groups is 1. The Morgan fingerprint density at radius 3 is 3.00 bits per heavy atom. The molecule has 0 radical (unpaired) electrons. The van der Waals surface area contributed by atoms with Crippen LogP contribution in [0.3, 0.4) is 0 Å². The molecule has 1 aliphatic rings. The first kappa shape index (κ1) is 13.9. The van der Waals surface area contributed by atoms with Gasteiger partial charge in [-0.15, -0.1) is 0 Å². The van der Waals surface area contributed by atoms with Gasteiger partial charge < -0.3 is 15.4 Å². The molecule has 1 fully saturated rings. The summed E-state index contributed by atoms with van der Waals surface area (Å²) in [6.07, 6.45) is 1.10. The second kappa shape index (κ2) is 6.57. The molecule has 4 heteroatoms. The van der Waals surface area contributed by atoms with Crippen LogP contribution in [0.15, 0.2) is 24.3 Å². The number of nitrogens with one attached hydrogen (secondary N) is 2. The predicted molar refractivity (Wildman–Crippen MR) is 75.5 cm³/mol. The molecule has 4 nitrogen and oxygen atoms in total. The number of ether oxygens (including phenoxy) is 1. The van der Waals surface area contributed by atoms with E-state index in [0.717, 1.165) is 19.5 Å². The number of para-hydroxylation sites is 1. The third-order valence-corrected chi connectivity index (χ3v) is 3.58. The molecule has 1 aromatic carbocycles. The Morgan fingerprint density at radius 2 is 2.26 bits per heavy atom. The average molecular weight is 262 g/mol. The van der Waals surface area contributed by atoms with Crippen LogP contribution in [0, 0.1) is 5.92 Å². The van der Waals surface area contributed by atoms with E-state index >= 15 is 0 Å². The summed E-state index contributed by atoms with van der Waals surface area (Å²) in [5, 5.41) is 6.42. The third kappa shape index (κ3) is 3.47. The van der Waals surface area contributed by atoms with Crippen molar-refractivity contribution < 1.29 is 9.53 Å². The molecule has 1 amide bonds. The molecule has 0 unspecified atom stereocenters. The largest absolute Gasteiger partial charge is 0.493 e. The highest BCUT2D eigenvalue weighted by Gasteiger charge is 2.24. The summed E-state index contributed by atoms with van der Waals surface area (Å²) in [5.41, 5.74) is 0.613. The minimum Gasteiger partial charge on any atom is -0.493 e. The summed E-state index contributed by atoms with van der Waals surface area (Å²) in [6, 6.07) is 7.57. The number of rotatable bonds is 4. The van der Waals surface area contributed by atoms with Crippen LogP contribution in [-0.4, -0.2) is 31.6 Å². The quantitative estimate of drug-likeness (QED) is 0.870. The number of carbonyl (C=O) groups excluding carboxylic acids is 1. The topological polar surface area (TPSA) is 50.4 Å². The van der Waals surface area contributed by atoms with Gasteiger partial charge in [-0.2, -0.15) is 0 Å². The molecule has 1 aromatic rings. The Morgan fingerprint density at radius 1 is 1.47 bits per heavy atom. The monoisotopic (exact) mass is 262 g/mol. The highest BCUT2D eigenvalue weighted by atomic mass is 16.5. The molecular weight excluding hydrogens is 240 g/mol. The van der Waals surface area contributed by atoms with Crippen molar-refractivity contribution in [3.05, 3.63) is 29.8 Å². The lowest BCUT2D eigenvalue weighted by molar-refractivity contribution is 0.0911. The Bertz CT molecular complexity index is 434. The van der Waals surface area contributed by atoms with Crippen LogP contribution >= 0.6 is 0 Å². The maximum atomic E-state index is 12.3. The lowest BCUT2D eigenvalue weighted by atomic mass is 9.94. The SMILES string of the molecule is CCOc1ccccc1C(=O)N[C@H]1CNCC[C@@H]1C. The van der Waals surface area contributed by atoms with Gasteiger partial charge in [-0.1, -0.05) is 19.1 Å². The van der Waals surface area contributed by atoms with Crippen LogP contribution in [0.25, 0.3) is 0 Å². The van der Waals surface area contributed by atoms with Gasteiger partial charge in [0.2, 0.25) is 0 Å².